The van der Waals surface area contributed by atoms with E-state index in [9.17, 15) is 4.79 Å². The van der Waals surface area contributed by atoms with Crippen LogP contribution in [0.4, 0.5) is 0 Å². The molecule has 0 aliphatic carbocycles. The maximum atomic E-state index is 12.2. The molecule has 1 heterocycles. The monoisotopic (exact) mass is 427 g/mol. The molecule has 3 rings (SSSR count). The zero-order valence-electron chi connectivity index (χ0n) is 17.7. The van der Waals surface area contributed by atoms with Crippen molar-refractivity contribution in [1.82, 2.24) is 14.8 Å². The lowest BCUT2D eigenvalue weighted by molar-refractivity contribution is -0.151. The fraction of sp³-hybridized carbons (Fsp3) is 0.318. The van der Waals surface area contributed by atoms with Gasteiger partial charge >= 0.3 is 5.97 Å². The van der Waals surface area contributed by atoms with Crippen molar-refractivity contribution in [2.24, 2.45) is 0 Å². The predicted octanol–water partition coefficient (Wildman–Crippen LogP) is 4.39. The Morgan fingerprint density at radius 1 is 1.00 bits per heavy atom. The highest BCUT2D eigenvalue weighted by molar-refractivity contribution is 7.99. The van der Waals surface area contributed by atoms with Gasteiger partial charge in [-0.15, -0.1) is 10.2 Å². The Hall–Kier alpha value is -3.00. The average Bonchev–Trinajstić information content (AvgIpc) is 3.14. The Morgan fingerprint density at radius 3 is 2.33 bits per heavy atom. The Morgan fingerprint density at radius 2 is 1.70 bits per heavy atom. The SMILES string of the molecule is COc1ccc(-n2c(SCC(=O)OC(C)(C)C)nnc2-c2ccccc2OC)cc1. The summed E-state index contributed by atoms with van der Waals surface area (Å²) in [6, 6.07) is 15.2. The van der Waals surface area contributed by atoms with Crippen molar-refractivity contribution >= 4 is 17.7 Å². The van der Waals surface area contributed by atoms with E-state index in [2.05, 4.69) is 10.2 Å². The molecule has 0 amide bonds. The number of benzene rings is 2. The van der Waals surface area contributed by atoms with Gasteiger partial charge in [-0.25, -0.2) is 0 Å². The molecule has 0 saturated carbocycles. The summed E-state index contributed by atoms with van der Waals surface area (Å²) < 4.78 is 18.1. The van der Waals surface area contributed by atoms with E-state index in [1.807, 2.05) is 73.9 Å². The molecule has 1 aromatic heterocycles. The van der Waals surface area contributed by atoms with Crippen LogP contribution in [0.25, 0.3) is 17.1 Å². The molecule has 2 aromatic carbocycles. The molecule has 0 fully saturated rings. The second-order valence-electron chi connectivity index (χ2n) is 7.42. The van der Waals surface area contributed by atoms with Crippen LogP contribution in [-0.2, 0) is 9.53 Å². The van der Waals surface area contributed by atoms with Crippen molar-refractivity contribution in [3.63, 3.8) is 0 Å². The molecular formula is C22H25N3O4S. The number of esters is 1. The molecule has 0 spiro atoms. The van der Waals surface area contributed by atoms with Crippen LogP contribution in [0.3, 0.4) is 0 Å². The summed E-state index contributed by atoms with van der Waals surface area (Å²) in [5.74, 6) is 1.86. The number of methoxy groups -OCH3 is 2. The summed E-state index contributed by atoms with van der Waals surface area (Å²) in [5, 5.41) is 9.31. The van der Waals surface area contributed by atoms with Crippen molar-refractivity contribution in [1.29, 1.82) is 0 Å². The molecule has 0 bridgehead atoms. The smallest absolute Gasteiger partial charge is 0.316 e. The van der Waals surface area contributed by atoms with E-state index in [0.29, 0.717) is 16.7 Å². The first-order valence-electron chi connectivity index (χ1n) is 9.40. The maximum absolute atomic E-state index is 12.2. The molecule has 7 nitrogen and oxygen atoms in total. The summed E-state index contributed by atoms with van der Waals surface area (Å²) in [4.78, 5) is 12.2. The van der Waals surface area contributed by atoms with Gasteiger partial charge in [0.15, 0.2) is 11.0 Å². The van der Waals surface area contributed by atoms with Crippen LogP contribution in [-0.4, -0.2) is 46.3 Å². The van der Waals surface area contributed by atoms with Crippen molar-refractivity contribution in [2.45, 2.75) is 31.5 Å². The van der Waals surface area contributed by atoms with Crippen LogP contribution in [0.1, 0.15) is 20.8 Å². The third-order valence-corrected chi connectivity index (χ3v) is 4.95. The molecular weight excluding hydrogens is 402 g/mol. The zero-order valence-corrected chi connectivity index (χ0v) is 18.5. The lowest BCUT2D eigenvalue weighted by Crippen LogP contribution is -2.25. The number of ether oxygens (including phenoxy) is 3. The first kappa shape index (κ1) is 21.7. The van der Waals surface area contributed by atoms with E-state index >= 15 is 0 Å². The number of thioether (sulfide) groups is 1. The lowest BCUT2D eigenvalue weighted by Gasteiger charge is -2.19. The van der Waals surface area contributed by atoms with Gasteiger partial charge in [-0.3, -0.25) is 9.36 Å². The number of para-hydroxylation sites is 1. The van der Waals surface area contributed by atoms with Crippen LogP contribution in [0, 0.1) is 0 Å². The fourth-order valence-corrected chi connectivity index (χ4v) is 3.55. The average molecular weight is 428 g/mol. The van der Waals surface area contributed by atoms with E-state index in [1.54, 1.807) is 14.2 Å². The van der Waals surface area contributed by atoms with Crippen molar-refractivity contribution < 1.29 is 19.0 Å². The number of aromatic nitrogens is 3. The van der Waals surface area contributed by atoms with Gasteiger partial charge in [0, 0.05) is 0 Å². The number of nitrogens with zero attached hydrogens (tertiary/aromatic N) is 3. The summed E-state index contributed by atoms with van der Waals surface area (Å²) >= 11 is 1.27. The van der Waals surface area contributed by atoms with E-state index in [1.165, 1.54) is 11.8 Å². The molecule has 0 saturated heterocycles. The molecule has 0 unspecified atom stereocenters. The van der Waals surface area contributed by atoms with Crippen LogP contribution >= 0.6 is 11.8 Å². The largest absolute Gasteiger partial charge is 0.497 e. The molecule has 158 valence electrons. The first-order valence-corrected chi connectivity index (χ1v) is 10.4. The number of rotatable bonds is 7. The van der Waals surface area contributed by atoms with E-state index in [0.717, 1.165) is 17.0 Å². The van der Waals surface area contributed by atoms with Gasteiger partial charge in [0.05, 0.1) is 31.2 Å². The standard InChI is InChI=1S/C22H25N3O4S/c1-22(2,3)29-19(26)14-30-21-24-23-20(17-8-6-7-9-18(17)28-5)25(21)15-10-12-16(27-4)13-11-15/h6-13H,14H2,1-5H3. The van der Waals surface area contributed by atoms with E-state index in [-0.39, 0.29) is 11.7 Å². The minimum absolute atomic E-state index is 0.123. The summed E-state index contributed by atoms with van der Waals surface area (Å²) in [5.41, 5.74) is 1.10. The Bertz CT molecular complexity index is 1010. The van der Waals surface area contributed by atoms with Gasteiger partial charge in [-0.05, 0) is 57.2 Å². The minimum Gasteiger partial charge on any atom is -0.497 e. The van der Waals surface area contributed by atoms with Gasteiger partial charge in [0.25, 0.3) is 0 Å². The zero-order chi connectivity index (χ0) is 21.7. The molecule has 8 heteroatoms. The Balaban J connectivity index is 2.00. The number of carbonyl (C=O) groups excluding carboxylic acids is 1. The number of hydrogen-bond donors (Lipinski definition) is 0. The quantitative estimate of drug-likeness (QED) is 0.409. The Labute approximate surface area is 180 Å². The topological polar surface area (TPSA) is 75.5 Å². The first-order chi connectivity index (χ1) is 14.3. The second kappa shape index (κ2) is 9.21. The molecule has 3 aromatic rings. The predicted molar refractivity (Wildman–Crippen MR) is 116 cm³/mol. The number of hydrogen-bond acceptors (Lipinski definition) is 7. The molecule has 0 atom stereocenters. The minimum atomic E-state index is -0.538. The third kappa shape index (κ3) is 5.13. The van der Waals surface area contributed by atoms with Gasteiger partial charge in [0.2, 0.25) is 0 Å². The Kier molecular flexibility index (Phi) is 6.66. The van der Waals surface area contributed by atoms with Gasteiger partial charge in [0.1, 0.15) is 17.1 Å². The molecule has 30 heavy (non-hydrogen) atoms. The molecule has 0 aliphatic heterocycles. The lowest BCUT2D eigenvalue weighted by atomic mass is 10.2. The molecule has 0 radical (unpaired) electrons. The van der Waals surface area contributed by atoms with Crippen LogP contribution in [0.15, 0.2) is 53.7 Å². The van der Waals surface area contributed by atoms with Gasteiger partial charge in [-0.1, -0.05) is 23.9 Å². The van der Waals surface area contributed by atoms with Crippen molar-refractivity contribution in [3.8, 4) is 28.6 Å². The fourth-order valence-electron chi connectivity index (χ4n) is 2.83. The van der Waals surface area contributed by atoms with Crippen LogP contribution < -0.4 is 9.47 Å². The highest BCUT2D eigenvalue weighted by Gasteiger charge is 2.21. The van der Waals surface area contributed by atoms with E-state index in [4.69, 9.17) is 14.2 Å². The maximum Gasteiger partial charge on any atom is 0.316 e. The van der Waals surface area contributed by atoms with Crippen molar-refractivity contribution in [2.75, 3.05) is 20.0 Å². The van der Waals surface area contributed by atoms with Gasteiger partial charge in [-0.2, -0.15) is 0 Å². The number of carbonyl (C=O) groups is 1. The molecule has 0 N–H and O–H groups in total. The normalized spacial score (nSPS) is 11.2. The van der Waals surface area contributed by atoms with Gasteiger partial charge < -0.3 is 14.2 Å². The van der Waals surface area contributed by atoms with Crippen LogP contribution in [0.5, 0.6) is 11.5 Å². The highest BCUT2D eigenvalue weighted by Crippen LogP contribution is 2.33. The summed E-state index contributed by atoms with van der Waals surface area (Å²) in [6.07, 6.45) is 0. The summed E-state index contributed by atoms with van der Waals surface area (Å²) in [7, 11) is 3.24. The second-order valence-corrected chi connectivity index (χ2v) is 8.36. The van der Waals surface area contributed by atoms with E-state index < -0.39 is 5.60 Å². The van der Waals surface area contributed by atoms with Crippen molar-refractivity contribution in [3.05, 3.63) is 48.5 Å². The third-order valence-electron chi connectivity index (χ3n) is 4.05. The van der Waals surface area contributed by atoms with Crippen LogP contribution in [0.2, 0.25) is 0 Å². The highest BCUT2D eigenvalue weighted by atomic mass is 32.2. The summed E-state index contributed by atoms with van der Waals surface area (Å²) in [6.45, 7) is 5.53. The molecule has 0 aliphatic rings.